The van der Waals surface area contributed by atoms with Gasteiger partial charge in [-0.25, -0.2) is 4.79 Å². The first-order valence-corrected chi connectivity index (χ1v) is 12.3. The third-order valence-electron chi connectivity index (χ3n) is 7.35. The fourth-order valence-electron chi connectivity index (χ4n) is 6.73. The highest BCUT2D eigenvalue weighted by atomic mass is 79.9. The number of alkyl halides is 1. The molecule has 0 aliphatic heterocycles. The number of nitrogens with one attached hydrogen (secondary N) is 1. The van der Waals surface area contributed by atoms with E-state index in [1.165, 1.54) is 24.1 Å². The van der Waals surface area contributed by atoms with Gasteiger partial charge in [0, 0.05) is 9.20 Å². The number of ether oxygens (including phenoxy) is 1. The zero-order chi connectivity index (χ0) is 19.5. The van der Waals surface area contributed by atoms with Crippen molar-refractivity contribution in [2.45, 2.75) is 75.5 Å². The summed E-state index contributed by atoms with van der Waals surface area (Å²) < 4.78 is 5.49. The number of anilines is 1. The molecule has 1 amide bonds. The highest BCUT2D eigenvalue weighted by Gasteiger charge is 2.59. The fraction of sp³-hybridized carbons (Fsp3) is 0.727. The van der Waals surface area contributed by atoms with Gasteiger partial charge in [0.1, 0.15) is 5.00 Å². The summed E-state index contributed by atoms with van der Waals surface area (Å²) in [5, 5.41) is 3.97. The Morgan fingerprint density at radius 3 is 2.57 bits per heavy atom. The summed E-state index contributed by atoms with van der Waals surface area (Å²) in [6.07, 6.45) is 10.8. The number of hydrogen-bond donors (Lipinski definition) is 1. The van der Waals surface area contributed by atoms with Gasteiger partial charge < -0.3 is 10.1 Å². The van der Waals surface area contributed by atoms with Crippen LogP contribution in [0.3, 0.4) is 0 Å². The van der Waals surface area contributed by atoms with Crippen LogP contribution in [0.5, 0.6) is 0 Å². The van der Waals surface area contributed by atoms with E-state index >= 15 is 0 Å². The van der Waals surface area contributed by atoms with Crippen molar-refractivity contribution in [3.63, 3.8) is 0 Å². The number of thiophene rings is 1. The Kier molecular flexibility index (Phi) is 4.66. The van der Waals surface area contributed by atoms with E-state index < -0.39 is 0 Å². The van der Waals surface area contributed by atoms with E-state index in [0.717, 1.165) is 55.5 Å². The van der Waals surface area contributed by atoms with Gasteiger partial charge in [-0.3, -0.25) is 4.79 Å². The maximum atomic E-state index is 13.6. The van der Waals surface area contributed by atoms with Crippen LogP contribution in [0.4, 0.5) is 5.00 Å². The van der Waals surface area contributed by atoms with Gasteiger partial charge in [-0.15, -0.1) is 11.3 Å². The van der Waals surface area contributed by atoms with Crippen molar-refractivity contribution in [3.05, 3.63) is 16.0 Å². The van der Waals surface area contributed by atoms with Crippen molar-refractivity contribution in [2.75, 3.05) is 11.9 Å². The first-order valence-electron chi connectivity index (χ1n) is 10.7. The predicted octanol–water partition coefficient (Wildman–Crippen LogP) is 5.48. The molecule has 4 nitrogen and oxygen atoms in total. The SMILES string of the molecule is CCOC(=O)c1c(NC(=O)C23CC4CC(CC(Br)(C4)C2)C3)sc2c1CCCC2. The molecule has 4 fully saturated rings. The molecule has 0 radical (unpaired) electrons. The van der Waals surface area contributed by atoms with Crippen LogP contribution in [0.15, 0.2) is 0 Å². The van der Waals surface area contributed by atoms with E-state index in [4.69, 9.17) is 4.74 Å². The smallest absolute Gasteiger partial charge is 0.341 e. The normalized spacial score (nSPS) is 35.5. The summed E-state index contributed by atoms with van der Waals surface area (Å²) in [5.74, 6) is 1.18. The van der Waals surface area contributed by atoms with E-state index in [2.05, 4.69) is 21.2 Å². The molecule has 5 aliphatic carbocycles. The third-order valence-corrected chi connectivity index (χ3v) is 9.48. The molecule has 6 rings (SSSR count). The molecule has 4 bridgehead atoms. The number of carbonyl (C=O) groups excluding carboxylic acids is 2. The molecule has 0 saturated heterocycles. The maximum Gasteiger partial charge on any atom is 0.341 e. The molecule has 1 aromatic rings. The highest BCUT2D eigenvalue weighted by molar-refractivity contribution is 9.10. The first kappa shape index (κ1) is 19.1. The van der Waals surface area contributed by atoms with Crippen LogP contribution in [0.1, 0.15) is 79.1 Å². The Hall–Kier alpha value is -0.880. The molecule has 1 N–H and O–H groups in total. The van der Waals surface area contributed by atoms with Crippen LogP contribution in [-0.2, 0) is 22.4 Å². The Bertz CT molecular complexity index is 818. The topological polar surface area (TPSA) is 55.4 Å². The number of hydrogen-bond acceptors (Lipinski definition) is 4. The number of amides is 1. The van der Waals surface area contributed by atoms with Gasteiger partial charge in [0.25, 0.3) is 0 Å². The Labute approximate surface area is 178 Å². The van der Waals surface area contributed by atoms with E-state index in [1.807, 2.05) is 6.92 Å². The van der Waals surface area contributed by atoms with Crippen LogP contribution in [0.25, 0.3) is 0 Å². The Balaban J connectivity index is 1.45. The minimum absolute atomic E-state index is 0.134. The summed E-state index contributed by atoms with van der Waals surface area (Å²) in [6.45, 7) is 2.19. The zero-order valence-corrected chi connectivity index (χ0v) is 18.8. The third kappa shape index (κ3) is 3.06. The lowest BCUT2D eigenvalue weighted by Crippen LogP contribution is -2.57. The second kappa shape index (κ2) is 6.83. The summed E-state index contributed by atoms with van der Waals surface area (Å²) in [7, 11) is 0. The van der Waals surface area contributed by atoms with E-state index in [1.54, 1.807) is 11.3 Å². The molecule has 152 valence electrons. The lowest BCUT2D eigenvalue weighted by molar-refractivity contribution is -0.138. The Morgan fingerprint density at radius 1 is 1.18 bits per heavy atom. The predicted molar refractivity (Wildman–Crippen MR) is 114 cm³/mol. The molecule has 2 unspecified atom stereocenters. The second-order valence-corrected chi connectivity index (χ2v) is 12.3. The van der Waals surface area contributed by atoms with Gasteiger partial charge in [-0.1, -0.05) is 15.9 Å². The molecule has 1 aromatic heterocycles. The van der Waals surface area contributed by atoms with Crippen LogP contribution >= 0.6 is 27.3 Å². The number of esters is 1. The minimum Gasteiger partial charge on any atom is -0.462 e. The van der Waals surface area contributed by atoms with Gasteiger partial charge in [0.05, 0.1) is 17.6 Å². The Morgan fingerprint density at radius 2 is 1.89 bits per heavy atom. The van der Waals surface area contributed by atoms with Crippen LogP contribution < -0.4 is 5.32 Å². The molecule has 2 atom stereocenters. The van der Waals surface area contributed by atoms with Crippen LogP contribution in [0.2, 0.25) is 0 Å². The van der Waals surface area contributed by atoms with Crippen LogP contribution in [0, 0.1) is 17.3 Å². The van der Waals surface area contributed by atoms with Gasteiger partial charge in [0.15, 0.2) is 0 Å². The van der Waals surface area contributed by atoms with Crippen molar-refractivity contribution in [3.8, 4) is 0 Å². The quantitative estimate of drug-likeness (QED) is 0.473. The van der Waals surface area contributed by atoms with E-state index in [-0.39, 0.29) is 21.6 Å². The maximum absolute atomic E-state index is 13.6. The van der Waals surface area contributed by atoms with Crippen molar-refractivity contribution < 1.29 is 14.3 Å². The fourth-order valence-corrected chi connectivity index (χ4v) is 9.45. The lowest BCUT2D eigenvalue weighted by Gasteiger charge is -2.59. The standard InChI is InChI=1S/C22H28BrNO3S/c1-2-27-19(25)17-15-5-3-4-6-16(15)28-18(17)24-20(26)21-8-13-7-14(9-21)11-22(23,10-13)12-21/h13-14H,2-12H2,1H3,(H,24,26). The number of rotatable bonds is 4. The number of aryl methyl sites for hydroxylation is 1. The van der Waals surface area contributed by atoms with E-state index in [0.29, 0.717) is 24.0 Å². The molecular weight excluding hydrogens is 438 g/mol. The summed E-state index contributed by atoms with van der Waals surface area (Å²) in [4.78, 5) is 27.5. The van der Waals surface area contributed by atoms with Crippen LogP contribution in [-0.4, -0.2) is 22.8 Å². The van der Waals surface area contributed by atoms with Crippen molar-refractivity contribution in [1.29, 1.82) is 0 Å². The molecule has 5 aliphatic rings. The molecule has 0 spiro atoms. The minimum atomic E-state index is -0.278. The summed E-state index contributed by atoms with van der Waals surface area (Å²) in [5.41, 5.74) is 1.48. The zero-order valence-electron chi connectivity index (χ0n) is 16.4. The van der Waals surface area contributed by atoms with E-state index in [9.17, 15) is 9.59 Å². The van der Waals surface area contributed by atoms with Gasteiger partial charge >= 0.3 is 5.97 Å². The van der Waals surface area contributed by atoms with Gasteiger partial charge in [-0.2, -0.15) is 0 Å². The molecule has 28 heavy (non-hydrogen) atoms. The monoisotopic (exact) mass is 465 g/mol. The largest absolute Gasteiger partial charge is 0.462 e. The van der Waals surface area contributed by atoms with Crippen molar-refractivity contribution in [2.24, 2.45) is 17.3 Å². The number of carbonyl (C=O) groups is 2. The first-order chi connectivity index (χ1) is 13.4. The number of fused-ring (bicyclic) bond motifs is 1. The summed E-state index contributed by atoms with van der Waals surface area (Å²) >= 11 is 5.60. The molecule has 1 heterocycles. The average Bonchev–Trinajstić information content (AvgIpc) is 2.97. The number of halogens is 1. The lowest BCUT2D eigenvalue weighted by atomic mass is 9.49. The molecular formula is C22H28BrNO3S. The average molecular weight is 466 g/mol. The van der Waals surface area contributed by atoms with Gasteiger partial charge in [-0.05, 0) is 88.5 Å². The highest BCUT2D eigenvalue weighted by Crippen LogP contribution is 2.64. The van der Waals surface area contributed by atoms with Crippen molar-refractivity contribution >= 4 is 44.1 Å². The molecule has 0 aromatic carbocycles. The van der Waals surface area contributed by atoms with Crippen molar-refractivity contribution in [1.82, 2.24) is 0 Å². The summed E-state index contributed by atoms with van der Waals surface area (Å²) in [6, 6.07) is 0. The molecule has 4 saturated carbocycles. The molecule has 6 heteroatoms. The second-order valence-electron chi connectivity index (χ2n) is 9.48. The van der Waals surface area contributed by atoms with Gasteiger partial charge in [0.2, 0.25) is 5.91 Å².